The minimum absolute atomic E-state index is 0.0332. The van der Waals surface area contributed by atoms with Gasteiger partial charge in [0, 0.05) is 5.56 Å². The van der Waals surface area contributed by atoms with Gasteiger partial charge in [0.25, 0.3) is 0 Å². The third-order valence-electron chi connectivity index (χ3n) is 3.95. The van der Waals surface area contributed by atoms with Crippen molar-refractivity contribution in [3.05, 3.63) is 59.2 Å². The fourth-order valence-electron chi connectivity index (χ4n) is 2.22. The normalized spacial score (nSPS) is 10.9. The average molecular weight is 385 g/mol. The molecule has 0 spiro atoms. The van der Waals surface area contributed by atoms with E-state index in [-0.39, 0.29) is 18.4 Å². The summed E-state index contributed by atoms with van der Waals surface area (Å²) in [5.74, 6) is -0.0873. The highest BCUT2D eigenvalue weighted by molar-refractivity contribution is 5.98. The molecule has 0 heterocycles. The summed E-state index contributed by atoms with van der Waals surface area (Å²) in [6.45, 7) is 6.68. The lowest BCUT2D eigenvalue weighted by molar-refractivity contribution is -0.152. The van der Waals surface area contributed by atoms with E-state index < -0.39 is 11.6 Å². The number of nitrogens with one attached hydrogen (secondary N) is 1. The van der Waals surface area contributed by atoms with Gasteiger partial charge in [0.1, 0.15) is 11.5 Å². The summed E-state index contributed by atoms with van der Waals surface area (Å²) in [7, 11) is 0. The van der Waals surface area contributed by atoms with Gasteiger partial charge < -0.3 is 19.3 Å². The Morgan fingerprint density at radius 3 is 2.36 bits per heavy atom. The largest absolute Gasteiger partial charge is 0.479 e. The number of hydrogen-bond acceptors (Lipinski definition) is 5. The zero-order valence-electron chi connectivity index (χ0n) is 16.4. The van der Waals surface area contributed by atoms with Crippen molar-refractivity contribution in [3.8, 4) is 11.5 Å². The lowest BCUT2D eigenvalue weighted by Gasteiger charge is -2.22. The standard InChI is InChI=1S/C21H24N2O5/c1-13-5-7-15(8-6-13)19(23)27-18(22)12-26-16-9-10-17(14(2)11-16)28-21(3,4)20(24)25/h5-11,22-23H,12H2,1-4H3,(H,24,25)/p+1. The molecule has 28 heavy (non-hydrogen) atoms. The molecule has 0 saturated heterocycles. The topological polar surface area (TPSA) is 114 Å². The highest BCUT2D eigenvalue weighted by Gasteiger charge is 2.29. The molecule has 0 aromatic heterocycles. The molecule has 4 N–H and O–H groups in total. The van der Waals surface area contributed by atoms with Gasteiger partial charge in [-0.2, -0.15) is 0 Å². The first-order valence-corrected chi connectivity index (χ1v) is 8.69. The summed E-state index contributed by atoms with van der Waals surface area (Å²) in [5.41, 5.74) is 1.09. The van der Waals surface area contributed by atoms with Crippen LogP contribution in [0, 0.1) is 19.3 Å². The Morgan fingerprint density at radius 1 is 1.14 bits per heavy atom. The molecule has 2 aromatic rings. The summed E-state index contributed by atoms with van der Waals surface area (Å²) < 4.78 is 16.4. The van der Waals surface area contributed by atoms with Crippen LogP contribution in [0.15, 0.2) is 42.5 Å². The van der Waals surface area contributed by atoms with Crippen molar-refractivity contribution in [2.24, 2.45) is 0 Å². The molecule has 2 rings (SSSR count). The Labute approximate surface area is 163 Å². The Kier molecular flexibility index (Phi) is 6.41. The molecule has 0 amide bonds. The second-order valence-electron chi connectivity index (χ2n) is 6.90. The van der Waals surface area contributed by atoms with Crippen LogP contribution >= 0.6 is 0 Å². The van der Waals surface area contributed by atoms with Crippen molar-refractivity contribution in [3.63, 3.8) is 0 Å². The number of nitrogens with two attached hydrogens (primary N) is 1. The molecule has 0 fully saturated rings. The van der Waals surface area contributed by atoms with Crippen LogP contribution in [0.3, 0.4) is 0 Å². The summed E-state index contributed by atoms with van der Waals surface area (Å²) in [4.78, 5) is 11.2. The van der Waals surface area contributed by atoms with E-state index in [1.807, 2.05) is 19.1 Å². The summed E-state index contributed by atoms with van der Waals surface area (Å²) in [5, 5.41) is 22.9. The van der Waals surface area contributed by atoms with Crippen LogP contribution in [0.5, 0.6) is 11.5 Å². The Morgan fingerprint density at radius 2 is 1.79 bits per heavy atom. The van der Waals surface area contributed by atoms with Crippen molar-refractivity contribution in [2.45, 2.75) is 33.3 Å². The molecule has 0 radical (unpaired) electrons. The molecule has 0 saturated carbocycles. The average Bonchev–Trinajstić information content (AvgIpc) is 2.62. The Bertz CT molecular complexity index is 888. The van der Waals surface area contributed by atoms with Crippen molar-refractivity contribution in [2.75, 3.05) is 6.61 Å². The van der Waals surface area contributed by atoms with E-state index in [2.05, 4.69) is 0 Å². The lowest BCUT2D eigenvalue weighted by Crippen LogP contribution is -2.46. The van der Waals surface area contributed by atoms with E-state index in [4.69, 9.17) is 30.1 Å². The van der Waals surface area contributed by atoms with Crippen LogP contribution in [0.4, 0.5) is 0 Å². The summed E-state index contributed by atoms with van der Waals surface area (Å²) in [6, 6.07) is 12.3. The highest BCUT2D eigenvalue weighted by atomic mass is 16.5. The monoisotopic (exact) mass is 385 g/mol. The maximum Gasteiger partial charge on any atom is 0.378 e. The Hall–Kier alpha value is -3.35. The smallest absolute Gasteiger partial charge is 0.378 e. The molecule has 0 aliphatic heterocycles. The third-order valence-corrected chi connectivity index (χ3v) is 3.95. The predicted molar refractivity (Wildman–Crippen MR) is 105 cm³/mol. The number of carboxylic acid groups (broad SMARTS) is 1. The highest BCUT2D eigenvalue weighted by Crippen LogP contribution is 2.27. The molecular weight excluding hydrogens is 360 g/mol. The number of aryl methyl sites for hydroxylation is 2. The summed E-state index contributed by atoms with van der Waals surface area (Å²) in [6.07, 6.45) is 0. The Balaban J connectivity index is 1.92. The van der Waals surface area contributed by atoms with E-state index in [0.717, 1.165) is 11.1 Å². The fraction of sp³-hybridized carbons (Fsp3) is 0.286. The van der Waals surface area contributed by atoms with Gasteiger partial charge in [-0.1, -0.05) is 17.7 Å². The first-order valence-electron chi connectivity index (χ1n) is 8.69. The molecular formula is C21H25N2O5+. The first-order chi connectivity index (χ1) is 13.1. The van der Waals surface area contributed by atoms with Crippen LogP contribution in [0.2, 0.25) is 0 Å². The molecule has 2 aromatic carbocycles. The third kappa shape index (κ3) is 5.57. The molecule has 0 atom stereocenters. The van der Waals surface area contributed by atoms with Crippen molar-refractivity contribution >= 4 is 17.8 Å². The van der Waals surface area contributed by atoms with Crippen molar-refractivity contribution in [1.29, 1.82) is 5.41 Å². The number of rotatable bonds is 7. The second kappa shape index (κ2) is 8.56. The SMILES string of the molecule is Cc1ccc(C(=N)OC(=[NH2+])COc2ccc(OC(C)(C)C(=O)O)c(C)c2)cc1. The number of ether oxygens (including phenoxy) is 3. The van der Waals surface area contributed by atoms with Gasteiger partial charge in [-0.25, -0.2) is 10.2 Å². The second-order valence-corrected chi connectivity index (χ2v) is 6.90. The van der Waals surface area contributed by atoms with Gasteiger partial charge in [0.15, 0.2) is 5.60 Å². The van der Waals surface area contributed by atoms with Gasteiger partial charge in [0.2, 0.25) is 12.5 Å². The van der Waals surface area contributed by atoms with Crippen LogP contribution in [0.25, 0.3) is 0 Å². The van der Waals surface area contributed by atoms with E-state index in [1.54, 1.807) is 37.3 Å². The maximum atomic E-state index is 11.2. The zero-order valence-corrected chi connectivity index (χ0v) is 16.4. The molecule has 0 bridgehead atoms. The number of benzene rings is 2. The number of carboxylic acids is 1. The molecule has 7 nitrogen and oxygen atoms in total. The minimum atomic E-state index is -1.34. The van der Waals surface area contributed by atoms with Crippen LogP contribution in [-0.2, 0) is 9.53 Å². The van der Waals surface area contributed by atoms with Crippen LogP contribution < -0.4 is 14.9 Å². The van der Waals surface area contributed by atoms with Crippen LogP contribution in [0.1, 0.15) is 30.5 Å². The lowest BCUT2D eigenvalue weighted by atomic mass is 10.1. The van der Waals surface area contributed by atoms with E-state index in [9.17, 15) is 4.79 Å². The molecule has 0 unspecified atom stereocenters. The molecule has 148 valence electrons. The van der Waals surface area contributed by atoms with E-state index >= 15 is 0 Å². The molecule has 0 aliphatic rings. The molecule has 7 heteroatoms. The van der Waals surface area contributed by atoms with Gasteiger partial charge in [-0.15, -0.1) is 0 Å². The summed E-state index contributed by atoms with van der Waals surface area (Å²) >= 11 is 0. The minimum Gasteiger partial charge on any atom is -0.479 e. The maximum absolute atomic E-state index is 11.2. The number of aliphatic carboxylic acids is 1. The van der Waals surface area contributed by atoms with E-state index in [1.165, 1.54) is 13.8 Å². The van der Waals surface area contributed by atoms with Crippen LogP contribution in [-0.4, -0.2) is 35.1 Å². The fourth-order valence-corrected chi connectivity index (χ4v) is 2.22. The van der Waals surface area contributed by atoms with Gasteiger partial charge in [-0.3, -0.25) is 5.41 Å². The number of hydrogen-bond donors (Lipinski definition) is 3. The van der Waals surface area contributed by atoms with Crippen molar-refractivity contribution < 1.29 is 29.5 Å². The first kappa shape index (κ1) is 21.0. The zero-order chi connectivity index (χ0) is 20.9. The predicted octanol–water partition coefficient (Wildman–Crippen LogP) is 2.12. The quantitative estimate of drug-likeness (QED) is 0.499. The van der Waals surface area contributed by atoms with Gasteiger partial charge >= 0.3 is 11.9 Å². The molecule has 0 aliphatic carbocycles. The number of carbonyl (C=O) groups is 1. The van der Waals surface area contributed by atoms with Gasteiger partial charge in [-0.05, 0) is 63.6 Å². The van der Waals surface area contributed by atoms with Gasteiger partial charge in [0.05, 0.1) is 0 Å². The van der Waals surface area contributed by atoms with Crippen molar-refractivity contribution in [1.82, 2.24) is 0 Å². The van der Waals surface area contributed by atoms with E-state index in [0.29, 0.717) is 17.1 Å².